The molecule has 0 aliphatic carbocycles. The average molecular weight is 275 g/mol. The number of benzene rings is 1. The van der Waals surface area contributed by atoms with E-state index >= 15 is 0 Å². The fourth-order valence-corrected chi connectivity index (χ4v) is 2.09. The van der Waals surface area contributed by atoms with Gasteiger partial charge in [0.1, 0.15) is 5.75 Å². The van der Waals surface area contributed by atoms with Crippen LogP contribution in [0, 0.1) is 6.92 Å². The van der Waals surface area contributed by atoms with Crippen molar-refractivity contribution in [2.75, 3.05) is 7.11 Å². The lowest BCUT2D eigenvalue weighted by Gasteiger charge is -2.21. The fourth-order valence-electron chi connectivity index (χ4n) is 2.09. The SMILES string of the molecule is CCC(N)(CC)c1noc(-c2cc(C)ccc2OC)n1. The molecule has 0 atom stereocenters. The van der Waals surface area contributed by atoms with E-state index in [-0.39, 0.29) is 0 Å². The van der Waals surface area contributed by atoms with Crippen LogP contribution >= 0.6 is 0 Å². The van der Waals surface area contributed by atoms with Crippen molar-refractivity contribution in [1.29, 1.82) is 0 Å². The molecule has 0 saturated heterocycles. The maximum atomic E-state index is 6.29. The van der Waals surface area contributed by atoms with Crippen LogP contribution in [0.3, 0.4) is 0 Å². The van der Waals surface area contributed by atoms with Crippen molar-refractivity contribution in [3.63, 3.8) is 0 Å². The number of ether oxygens (including phenoxy) is 1. The van der Waals surface area contributed by atoms with E-state index in [1.165, 1.54) is 0 Å². The molecule has 0 aliphatic rings. The largest absolute Gasteiger partial charge is 0.496 e. The van der Waals surface area contributed by atoms with Gasteiger partial charge >= 0.3 is 0 Å². The highest BCUT2D eigenvalue weighted by Gasteiger charge is 2.29. The zero-order chi connectivity index (χ0) is 14.8. The average Bonchev–Trinajstić information content (AvgIpc) is 2.96. The van der Waals surface area contributed by atoms with Crippen LogP contribution in [0.1, 0.15) is 38.1 Å². The van der Waals surface area contributed by atoms with E-state index in [0.29, 0.717) is 17.5 Å². The van der Waals surface area contributed by atoms with Crippen LogP contribution in [0.15, 0.2) is 22.7 Å². The summed E-state index contributed by atoms with van der Waals surface area (Å²) in [6.07, 6.45) is 1.51. The Balaban J connectivity index is 2.46. The van der Waals surface area contributed by atoms with Gasteiger partial charge in [0.25, 0.3) is 5.89 Å². The molecule has 2 aromatic rings. The van der Waals surface area contributed by atoms with Crippen molar-refractivity contribution >= 4 is 0 Å². The molecule has 0 unspecified atom stereocenters. The Bertz CT molecular complexity index is 589. The topological polar surface area (TPSA) is 74.2 Å². The maximum absolute atomic E-state index is 6.29. The maximum Gasteiger partial charge on any atom is 0.261 e. The summed E-state index contributed by atoms with van der Waals surface area (Å²) < 4.78 is 10.7. The molecule has 20 heavy (non-hydrogen) atoms. The van der Waals surface area contributed by atoms with Crippen molar-refractivity contribution < 1.29 is 9.26 Å². The molecule has 108 valence electrons. The smallest absolute Gasteiger partial charge is 0.261 e. The Morgan fingerprint density at radius 3 is 2.60 bits per heavy atom. The van der Waals surface area contributed by atoms with Crippen molar-refractivity contribution in [3.05, 3.63) is 29.6 Å². The molecule has 1 aromatic carbocycles. The van der Waals surface area contributed by atoms with E-state index in [1.54, 1.807) is 7.11 Å². The minimum atomic E-state index is -0.543. The molecule has 0 amide bonds. The van der Waals surface area contributed by atoms with Crippen molar-refractivity contribution in [2.24, 2.45) is 5.73 Å². The molecule has 0 spiro atoms. The van der Waals surface area contributed by atoms with E-state index in [2.05, 4.69) is 10.1 Å². The van der Waals surface area contributed by atoms with Gasteiger partial charge in [-0.25, -0.2) is 0 Å². The second-order valence-corrected chi connectivity index (χ2v) is 4.99. The van der Waals surface area contributed by atoms with Crippen LogP contribution < -0.4 is 10.5 Å². The van der Waals surface area contributed by atoms with Gasteiger partial charge in [-0.15, -0.1) is 0 Å². The zero-order valence-electron chi connectivity index (χ0n) is 12.4. The second kappa shape index (κ2) is 5.63. The van der Waals surface area contributed by atoms with Crippen molar-refractivity contribution in [3.8, 4) is 17.2 Å². The Hall–Kier alpha value is -1.88. The first-order valence-corrected chi connectivity index (χ1v) is 6.82. The molecule has 1 aromatic heterocycles. The highest BCUT2D eigenvalue weighted by Crippen LogP contribution is 2.31. The molecule has 1 heterocycles. The van der Waals surface area contributed by atoms with E-state index < -0.39 is 5.54 Å². The Morgan fingerprint density at radius 1 is 1.30 bits per heavy atom. The quantitative estimate of drug-likeness (QED) is 0.907. The van der Waals surface area contributed by atoms with E-state index in [4.69, 9.17) is 15.0 Å². The van der Waals surface area contributed by atoms with Crippen molar-refractivity contribution in [2.45, 2.75) is 39.2 Å². The van der Waals surface area contributed by atoms with Gasteiger partial charge in [0.2, 0.25) is 0 Å². The Morgan fingerprint density at radius 2 is 2.00 bits per heavy atom. The van der Waals surface area contributed by atoms with Crippen LogP contribution in [-0.2, 0) is 5.54 Å². The fraction of sp³-hybridized carbons (Fsp3) is 0.467. The third-order valence-electron chi connectivity index (χ3n) is 3.72. The highest BCUT2D eigenvalue weighted by atomic mass is 16.5. The summed E-state index contributed by atoms with van der Waals surface area (Å²) in [5.41, 5.74) is 7.65. The molecular formula is C15H21N3O2. The van der Waals surface area contributed by atoms with Gasteiger partial charge in [-0.3, -0.25) is 0 Å². The molecule has 2 N–H and O–H groups in total. The summed E-state index contributed by atoms with van der Waals surface area (Å²) in [7, 11) is 1.62. The Labute approximate surface area is 119 Å². The van der Waals surface area contributed by atoms with Gasteiger partial charge in [-0.2, -0.15) is 4.98 Å². The summed E-state index contributed by atoms with van der Waals surface area (Å²) in [6, 6.07) is 5.83. The predicted molar refractivity (Wildman–Crippen MR) is 77.5 cm³/mol. The van der Waals surface area contributed by atoms with E-state index in [0.717, 1.165) is 24.0 Å². The molecule has 0 bridgehead atoms. The Kier molecular flexibility index (Phi) is 4.09. The summed E-state index contributed by atoms with van der Waals surface area (Å²) in [6.45, 7) is 6.05. The predicted octanol–water partition coefficient (Wildman–Crippen LogP) is 3.03. The van der Waals surface area contributed by atoms with Gasteiger partial charge < -0.3 is 15.0 Å². The molecule has 0 fully saturated rings. The van der Waals surface area contributed by atoms with E-state index in [9.17, 15) is 0 Å². The number of nitrogens with zero attached hydrogens (tertiary/aromatic N) is 2. The number of rotatable bonds is 5. The molecule has 2 rings (SSSR count). The third-order valence-corrected chi connectivity index (χ3v) is 3.72. The first-order chi connectivity index (χ1) is 9.54. The molecule has 0 aliphatic heterocycles. The minimum Gasteiger partial charge on any atom is -0.496 e. The van der Waals surface area contributed by atoms with Gasteiger partial charge in [-0.05, 0) is 31.9 Å². The number of methoxy groups -OCH3 is 1. The number of hydrogen-bond acceptors (Lipinski definition) is 5. The van der Waals surface area contributed by atoms with Crippen LogP contribution in [-0.4, -0.2) is 17.3 Å². The monoisotopic (exact) mass is 275 g/mol. The standard InChI is InChI=1S/C15H21N3O2/c1-5-15(16,6-2)14-17-13(20-18-14)11-9-10(3)7-8-12(11)19-4/h7-9H,5-6,16H2,1-4H3. The molecule has 0 saturated carbocycles. The number of nitrogens with two attached hydrogens (primary N) is 1. The minimum absolute atomic E-state index is 0.442. The van der Waals surface area contributed by atoms with Gasteiger partial charge in [0.05, 0.1) is 18.2 Å². The number of aromatic nitrogens is 2. The summed E-state index contributed by atoms with van der Waals surface area (Å²) in [5, 5.41) is 4.04. The lowest BCUT2D eigenvalue weighted by molar-refractivity contribution is 0.349. The first kappa shape index (κ1) is 14.5. The lowest BCUT2D eigenvalue weighted by Crippen LogP contribution is -2.36. The summed E-state index contributed by atoms with van der Waals surface area (Å²) in [5.74, 6) is 1.69. The summed E-state index contributed by atoms with van der Waals surface area (Å²) >= 11 is 0. The molecule has 5 heteroatoms. The van der Waals surface area contributed by atoms with Crippen LogP contribution in [0.4, 0.5) is 0 Å². The lowest BCUT2D eigenvalue weighted by atomic mass is 9.93. The van der Waals surface area contributed by atoms with Crippen LogP contribution in [0.25, 0.3) is 11.5 Å². The van der Waals surface area contributed by atoms with Gasteiger partial charge in [0.15, 0.2) is 5.82 Å². The molecular weight excluding hydrogens is 254 g/mol. The molecule has 5 nitrogen and oxygen atoms in total. The number of hydrogen-bond donors (Lipinski definition) is 1. The highest BCUT2D eigenvalue weighted by molar-refractivity contribution is 5.63. The molecule has 0 radical (unpaired) electrons. The third kappa shape index (κ3) is 2.54. The van der Waals surface area contributed by atoms with E-state index in [1.807, 2.05) is 39.0 Å². The normalized spacial score (nSPS) is 11.7. The first-order valence-electron chi connectivity index (χ1n) is 6.82. The van der Waals surface area contributed by atoms with Crippen LogP contribution in [0.2, 0.25) is 0 Å². The summed E-state index contributed by atoms with van der Waals surface area (Å²) in [4.78, 5) is 4.46. The van der Waals surface area contributed by atoms with Crippen LogP contribution in [0.5, 0.6) is 5.75 Å². The second-order valence-electron chi connectivity index (χ2n) is 4.99. The zero-order valence-corrected chi connectivity index (χ0v) is 12.4. The van der Waals surface area contributed by atoms with Crippen molar-refractivity contribution in [1.82, 2.24) is 10.1 Å². The number of aryl methyl sites for hydroxylation is 1. The van der Waals surface area contributed by atoms with Gasteiger partial charge in [0, 0.05) is 0 Å². The van der Waals surface area contributed by atoms with Gasteiger partial charge in [-0.1, -0.05) is 30.6 Å².